The Morgan fingerprint density at radius 2 is 1.88 bits per heavy atom. The van der Waals surface area contributed by atoms with Crippen molar-refractivity contribution < 1.29 is 19.0 Å². The van der Waals surface area contributed by atoms with Crippen molar-refractivity contribution in [1.29, 1.82) is 0 Å². The summed E-state index contributed by atoms with van der Waals surface area (Å²) in [6.07, 6.45) is 0. The molecule has 2 N–H and O–H groups in total. The molecule has 0 saturated heterocycles. The number of phenols is 1. The van der Waals surface area contributed by atoms with Gasteiger partial charge in [0.2, 0.25) is 0 Å². The fourth-order valence-electron chi connectivity index (χ4n) is 2.20. The highest BCUT2D eigenvalue weighted by Gasteiger charge is 2.08. The molecule has 126 valence electrons. The lowest BCUT2D eigenvalue weighted by Gasteiger charge is -2.08. The van der Waals surface area contributed by atoms with Crippen LogP contribution in [0.15, 0.2) is 41.5 Å². The van der Waals surface area contributed by atoms with Crippen LogP contribution in [-0.4, -0.2) is 23.3 Å². The molecule has 1 amide bonds. The maximum absolute atomic E-state index is 13.2. The zero-order valence-corrected chi connectivity index (χ0v) is 13.8. The van der Waals surface area contributed by atoms with Crippen molar-refractivity contribution in [3.05, 3.63) is 58.9 Å². The number of aryl methyl sites for hydroxylation is 2. The van der Waals surface area contributed by atoms with Crippen molar-refractivity contribution >= 4 is 11.6 Å². The van der Waals surface area contributed by atoms with Crippen LogP contribution in [0.1, 0.15) is 23.6 Å². The van der Waals surface area contributed by atoms with Gasteiger partial charge in [-0.05, 0) is 62.2 Å². The molecule has 0 aromatic heterocycles. The van der Waals surface area contributed by atoms with Gasteiger partial charge in [0.25, 0.3) is 5.91 Å². The van der Waals surface area contributed by atoms with Crippen LogP contribution < -0.4 is 10.2 Å². The van der Waals surface area contributed by atoms with E-state index in [4.69, 9.17) is 4.74 Å². The molecule has 0 spiro atoms. The van der Waals surface area contributed by atoms with Gasteiger partial charge in [-0.1, -0.05) is 6.07 Å². The molecule has 0 heterocycles. The second-order valence-corrected chi connectivity index (χ2v) is 5.51. The number of benzene rings is 2. The third-order valence-electron chi connectivity index (χ3n) is 3.26. The molecule has 0 bridgehead atoms. The van der Waals surface area contributed by atoms with E-state index in [0.717, 1.165) is 23.3 Å². The molecule has 2 rings (SSSR count). The highest BCUT2D eigenvalue weighted by Crippen LogP contribution is 2.18. The van der Waals surface area contributed by atoms with Gasteiger partial charge >= 0.3 is 0 Å². The predicted molar refractivity (Wildman–Crippen MR) is 89.8 cm³/mol. The first-order valence-corrected chi connectivity index (χ1v) is 7.38. The number of aromatic hydroxyl groups is 1. The van der Waals surface area contributed by atoms with Crippen molar-refractivity contribution in [2.45, 2.75) is 20.8 Å². The van der Waals surface area contributed by atoms with E-state index < -0.39 is 11.7 Å². The Bertz CT molecular complexity index is 768. The number of carbonyl (C=O) groups excluding carboxylic acids is 1. The number of carbonyl (C=O) groups is 1. The van der Waals surface area contributed by atoms with Crippen LogP contribution in [-0.2, 0) is 4.79 Å². The van der Waals surface area contributed by atoms with Crippen molar-refractivity contribution in [2.75, 3.05) is 6.61 Å². The minimum Gasteiger partial charge on any atom is -0.507 e. The number of halogens is 1. The molecule has 0 aliphatic carbocycles. The molecule has 24 heavy (non-hydrogen) atoms. The van der Waals surface area contributed by atoms with Crippen LogP contribution in [0.3, 0.4) is 0 Å². The Morgan fingerprint density at radius 1 is 1.21 bits per heavy atom. The molecule has 0 radical (unpaired) electrons. The van der Waals surface area contributed by atoms with Gasteiger partial charge in [0.05, 0.1) is 5.71 Å². The molecular weight excluding hydrogens is 311 g/mol. The molecular formula is C18H19FN2O3. The van der Waals surface area contributed by atoms with Crippen molar-refractivity contribution in [3.8, 4) is 11.5 Å². The summed E-state index contributed by atoms with van der Waals surface area (Å²) in [5.41, 5.74) is 4.90. The van der Waals surface area contributed by atoms with E-state index in [9.17, 15) is 14.3 Å². The minimum atomic E-state index is -0.498. The monoisotopic (exact) mass is 330 g/mol. The lowest BCUT2D eigenvalue weighted by molar-refractivity contribution is -0.123. The highest BCUT2D eigenvalue weighted by molar-refractivity contribution is 6.01. The number of hydrazone groups is 1. The van der Waals surface area contributed by atoms with Crippen molar-refractivity contribution in [1.82, 2.24) is 5.43 Å². The van der Waals surface area contributed by atoms with Gasteiger partial charge in [-0.15, -0.1) is 0 Å². The average Bonchev–Trinajstić information content (AvgIpc) is 2.52. The lowest BCUT2D eigenvalue weighted by atomic mass is 10.1. The summed E-state index contributed by atoms with van der Waals surface area (Å²) in [4.78, 5) is 11.8. The summed E-state index contributed by atoms with van der Waals surface area (Å²) in [7, 11) is 0. The first-order valence-electron chi connectivity index (χ1n) is 7.38. The van der Waals surface area contributed by atoms with E-state index >= 15 is 0 Å². The number of amides is 1. The number of nitrogens with one attached hydrogen (secondary N) is 1. The Morgan fingerprint density at radius 3 is 2.54 bits per heavy atom. The van der Waals surface area contributed by atoms with Gasteiger partial charge in [-0.25, -0.2) is 9.82 Å². The molecule has 0 aliphatic rings. The van der Waals surface area contributed by atoms with Crippen LogP contribution in [0.25, 0.3) is 0 Å². The molecule has 2 aromatic rings. The normalized spacial score (nSPS) is 11.2. The summed E-state index contributed by atoms with van der Waals surface area (Å²) >= 11 is 0. The van der Waals surface area contributed by atoms with E-state index in [1.165, 1.54) is 6.07 Å². The van der Waals surface area contributed by atoms with Gasteiger partial charge in [0.1, 0.15) is 17.3 Å². The van der Waals surface area contributed by atoms with E-state index in [0.29, 0.717) is 5.75 Å². The van der Waals surface area contributed by atoms with Crippen LogP contribution in [0.5, 0.6) is 11.5 Å². The Kier molecular flexibility index (Phi) is 5.52. The van der Waals surface area contributed by atoms with Crippen LogP contribution in [0, 0.1) is 19.7 Å². The zero-order chi connectivity index (χ0) is 17.7. The van der Waals surface area contributed by atoms with Gasteiger partial charge in [-0.2, -0.15) is 5.10 Å². The van der Waals surface area contributed by atoms with Gasteiger partial charge in [0.15, 0.2) is 6.61 Å². The Labute approximate surface area is 139 Å². The molecule has 0 fully saturated rings. The number of hydrogen-bond donors (Lipinski definition) is 2. The lowest BCUT2D eigenvalue weighted by Crippen LogP contribution is -2.25. The molecule has 0 aliphatic heterocycles. The maximum atomic E-state index is 13.2. The third kappa shape index (κ3) is 4.81. The van der Waals surface area contributed by atoms with E-state index in [-0.39, 0.29) is 23.6 Å². The van der Waals surface area contributed by atoms with Crippen LogP contribution >= 0.6 is 0 Å². The summed E-state index contributed by atoms with van der Waals surface area (Å²) in [6.45, 7) is 5.24. The topological polar surface area (TPSA) is 70.9 Å². The number of phenolic OH excluding ortho intramolecular Hbond substituents is 1. The number of nitrogens with zero attached hydrogens (tertiary/aromatic N) is 1. The standard InChI is InChI=1S/C18H19FN2O3/c1-11-6-12(2)8-15(7-11)24-10-18(23)21-20-13(3)16-9-14(19)4-5-17(16)22/h4-9,22H,10H2,1-3H3,(H,21,23)/b20-13+. The maximum Gasteiger partial charge on any atom is 0.277 e. The van der Waals surface area contributed by atoms with Crippen molar-refractivity contribution in [3.63, 3.8) is 0 Å². The summed E-state index contributed by atoms with van der Waals surface area (Å²) in [5, 5.41) is 13.5. The Hall–Kier alpha value is -2.89. The number of ether oxygens (including phenoxy) is 1. The van der Waals surface area contributed by atoms with Crippen LogP contribution in [0.2, 0.25) is 0 Å². The predicted octanol–water partition coefficient (Wildman–Crippen LogP) is 3.07. The molecule has 5 nitrogen and oxygen atoms in total. The Balaban J connectivity index is 1.95. The second-order valence-electron chi connectivity index (χ2n) is 5.51. The second kappa shape index (κ2) is 7.59. The smallest absolute Gasteiger partial charge is 0.277 e. The van der Waals surface area contributed by atoms with Gasteiger partial charge < -0.3 is 9.84 Å². The molecule has 0 unspecified atom stereocenters. The van der Waals surface area contributed by atoms with E-state index in [1.54, 1.807) is 6.92 Å². The third-order valence-corrected chi connectivity index (χ3v) is 3.26. The van der Waals surface area contributed by atoms with E-state index in [2.05, 4.69) is 10.5 Å². The molecule has 0 atom stereocenters. The molecule has 0 saturated carbocycles. The molecule has 2 aromatic carbocycles. The highest BCUT2D eigenvalue weighted by atomic mass is 19.1. The quantitative estimate of drug-likeness (QED) is 0.654. The fourth-order valence-corrected chi connectivity index (χ4v) is 2.20. The largest absolute Gasteiger partial charge is 0.507 e. The summed E-state index contributed by atoms with van der Waals surface area (Å²) < 4.78 is 18.6. The summed E-state index contributed by atoms with van der Waals surface area (Å²) in [5.74, 6) is -0.462. The fraction of sp³-hybridized carbons (Fsp3) is 0.222. The van der Waals surface area contributed by atoms with Crippen LogP contribution in [0.4, 0.5) is 4.39 Å². The van der Waals surface area contributed by atoms with Gasteiger partial charge in [-0.3, -0.25) is 4.79 Å². The number of rotatable bonds is 5. The SMILES string of the molecule is C/C(=N\NC(=O)COc1cc(C)cc(C)c1)c1cc(F)ccc1O. The number of hydrogen-bond acceptors (Lipinski definition) is 4. The van der Waals surface area contributed by atoms with Crippen molar-refractivity contribution in [2.24, 2.45) is 5.10 Å². The molecule has 6 heteroatoms. The van der Waals surface area contributed by atoms with Gasteiger partial charge in [0, 0.05) is 5.56 Å². The average molecular weight is 330 g/mol. The summed E-state index contributed by atoms with van der Waals surface area (Å²) in [6, 6.07) is 9.19. The zero-order valence-electron chi connectivity index (χ0n) is 13.8. The first-order chi connectivity index (χ1) is 11.3. The minimum absolute atomic E-state index is 0.113. The van der Waals surface area contributed by atoms with E-state index in [1.807, 2.05) is 32.0 Å². The first kappa shape index (κ1) is 17.5.